The normalized spacial score (nSPS) is 9.44. The highest BCUT2D eigenvalue weighted by molar-refractivity contribution is 8.22. The predicted molar refractivity (Wildman–Crippen MR) is 43.7 cm³/mol. The molecule has 0 saturated heterocycles. The van der Waals surface area contributed by atoms with Crippen molar-refractivity contribution >= 4 is 28.3 Å². The van der Waals surface area contributed by atoms with Crippen molar-refractivity contribution in [2.24, 2.45) is 0 Å². The molecule has 48 valence electrons. The van der Waals surface area contributed by atoms with E-state index in [1.54, 1.807) is 10.9 Å². The Bertz CT molecular complexity index is 193. The van der Waals surface area contributed by atoms with Crippen LogP contribution in [0.15, 0.2) is 18.5 Å². The maximum absolute atomic E-state index is 4.94. The first-order valence-corrected chi connectivity index (χ1v) is 4.06. The summed E-state index contributed by atoms with van der Waals surface area (Å²) in [4.78, 5) is 0. The van der Waals surface area contributed by atoms with Crippen molar-refractivity contribution in [1.29, 1.82) is 0 Å². The Kier molecular flexibility index (Phi) is 2.24. The van der Waals surface area contributed by atoms with E-state index in [4.69, 9.17) is 12.2 Å². The number of hydrogen-bond acceptors (Lipinski definition) is 3. The molecule has 0 aliphatic heterocycles. The van der Waals surface area contributed by atoms with Gasteiger partial charge in [0.05, 0.1) is 0 Å². The van der Waals surface area contributed by atoms with Crippen LogP contribution in [-0.4, -0.2) is 20.4 Å². The van der Waals surface area contributed by atoms with Crippen LogP contribution in [-0.2, 0) is 0 Å². The molecule has 1 aromatic heterocycles. The number of nitrogens with zero attached hydrogens (tertiary/aromatic N) is 2. The van der Waals surface area contributed by atoms with Gasteiger partial charge in [0.15, 0.2) is 4.32 Å². The van der Waals surface area contributed by atoms with Gasteiger partial charge in [-0.3, -0.25) is 0 Å². The van der Waals surface area contributed by atoms with E-state index in [9.17, 15) is 0 Å². The van der Waals surface area contributed by atoms with E-state index in [1.807, 2.05) is 18.5 Å². The van der Waals surface area contributed by atoms with Crippen molar-refractivity contribution in [3.63, 3.8) is 0 Å². The first-order chi connectivity index (χ1) is 4.34. The molecule has 0 spiro atoms. The van der Waals surface area contributed by atoms with Gasteiger partial charge in [0.25, 0.3) is 0 Å². The summed E-state index contributed by atoms with van der Waals surface area (Å²) in [5, 5.41) is 3.94. The molecule has 0 aliphatic carbocycles. The molecule has 0 saturated carbocycles. The molecule has 1 heterocycles. The minimum atomic E-state index is 0.778. The molecule has 0 N–H and O–H groups in total. The SMILES string of the molecule is CSC(=S)n1cccn1. The van der Waals surface area contributed by atoms with Crippen molar-refractivity contribution in [3.05, 3.63) is 18.5 Å². The molecular formula is C5H6N2S2. The minimum absolute atomic E-state index is 0.778. The second kappa shape index (κ2) is 2.98. The van der Waals surface area contributed by atoms with Gasteiger partial charge in [-0.1, -0.05) is 24.0 Å². The third kappa shape index (κ3) is 1.53. The largest absolute Gasteiger partial charge is 0.224 e. The standard InChI is InChI=1S/C5H6N2S2/c1-9-5(8)7-4-2-3-6-7/h2-4H,1H3. The number of thiocarbonyl (C=S) groups is 1. The van der Waals surface area contributed by atoms with E-state index < -0.39 is 0 Å². The van der Waals surface area contributed by atoms with Crippen molar-refractivity contribution in [2.45, 2.75) is 0 Å². The van der Waals surface area contributed by atoms with Crippen LogP contribution in [0.3, 0.4) is 0 Å². The van der Waals surface area contributed by atoms with Gasteiger partial charge < -0.3 is 0 Å². The van der Waals surface area contributed by atoms with E-state index in [-0.39, 0.29) is 0 Å². The summed E-state index contributed by atoms with van der Waals surface area (Å²) >= 11 is 6.45. The molecule has 1 rings (SSSR count). The lowest BCUT2D eigenvalue weighted by Crippen LogP contribution is -2.03. The van der Waals surface area contributed by atoms with E-state index in [2.05, 4.69) is 5.10 Å². The van der Waals surface area contributed by atoms with Crippen LogP contribution in [0.4, 0.5) is 0 Å². The third-order valence-electron chi connectivity index (χ3n) is 0.866. The summed E-state index contributed by atoms with van der Waals surface area (Å²) in [5.41, 5.74) is 0. The topological polar surface area (TPSA) is 17.8 Å². The highest BCUT2D eigenvalue weighted by Crippen LogP contribution is 1.99. The van der Waals surface area contributed by atoms with Crippen LogP contribution in [0, 0.1) is 0 Å². The smallest absolute Gasteiger partial charge is 0.160 e. The Morgan fingerprint density at radius 1 is 1.78 bits per heavy atom. The maximum atomic E-state index is 4.94. The van der Waals surface area contributed by atoms with Gasteiger partial charge in [-0.15, -0.1) is 0 Å². The zero-order valence-electron chi connectivity index (χ0n) is 4.94. The summed E-state index contributed by atoms with van der Waals surface area (Å²) in [5.74, 6) is 0. The average Bonchev–Trinajstić information content (AvgIpc) is 2.37. The van der Waals surface area contributed by atoms with Crippen molar-refractivity contribution in [1.82, 2.24) is 9.78 Å². The highest BCUT2D eigenvalue weighted by atomic mass is 32.2. The molecule has 0 atom stereocenters. The molecule has 0 unspecified atom stereocenters. The molecule has 4 heteroatoms. The Morgan fingerprint density at radius 2 is 2.56 bits per heavy atom. The monoisotopic (exact) mass is 158 g/mol. The van der Waals surface area contributed by atoms with Gasteiger partial charge in [-0.25, -0.2) is 4.68 Å². The molecule has 0 aliphatic rings. The third-order valence-corrected chi connectivity index (χ3v) is 2.09. The Morgan fingerprint density at radius 3 is 3.00 bits per heavy atom. The second-order valence-corrected chi connectivity index (χ2v) is 2.86. The molecule has 0 amide bonds. The minimum Gasteiger partial charge on any atom is -0.224 e. The summed E-state index contributed by atoms with van der Waals surface area (Å²) < 4.78 is 2.44. The van der Waals surface area contributed by atoms with Gasteiger partial charge in [0.2, 0.25) is 0 Å². The second-order valence-electron chi connectivity index (χ2n) is 1.42. The van der Waals surface area contributed by atoms with Crippen LogP contribution < -0.4 is 0 Å². The highest BCUT2D eigenvalue weighted by Gasteiger charge is 1.93. The van der Waals surface area contributed by atoms with Crippen molar-refractivity contribution < 1.29 is 0 Å². The predicted octanol–water partition coefficient (Wildman–Crippen LogP) is 1.38. The van der Waals surface area contributed by atoms with Crippen LogP contribution in [0.1, 0.15) is 0 Å². The molecule has 1 aromatic rings. The van der Waals surface area contributed by atoms with Gasteiger partial charge in [0, 0.05) is 12.4 Å². The molecule has 2 nitrogen and oxygen atoms in total. The molecule has 9 heavy (non-hydrogen) atoms. The zero-order valence-corrected chi connectivity index (χ0v) is 6.58. The van der Waals surface area contributed by atoms with Gasteiger partial charge in [-0.2, -0.15) is 5.10 Å². The number of rotatable bonds is 0. The summed E-state index contributed by atoms with van der Waals surface area (Å²) in [6.07, 6.45) is 5.48. The van der Waals surface area contributed by atoms with E-state index >= 15 is 0 Å². The fourth-order valence-corrected chi connectivity index (χ4v) is 0.873. The maximum Gasteiger partial charge on any atom is 0.160 e. The summed E-state index contributed by atoms with van der Waals surface area (Å²) in [7, 11) is 0. The van der Waals surface area contributed by atoms with Crippen LogP contribution in [0.25, 0.3) is 0 Å². The van der Waals surface area contributed by atoms with Crippen LogP contribution >= 0.6 is 24.0 Å². The van der Waals surface area contributed by atoms with E-state index in [1.165, 1.54) is 11.8 Å². The summed E-state index contributed by atoms with van der Waals surface area (Å²) in [6.45, 7) is 0. The van der Waals surface area contributed by atoms with Gasteiger partial charge in [0.1, 0.15) is 0 Å². The fraction of sp³-hybridized carbons (Fsp3) is 0.200. The van der Waals surface area contributed by atoms with E-state index in [0.29, 0.717) is 0 Å². The van der Waals surface area contributed by atoms with Crippen molar-refractivity contribution in [3.8, 4) is 0 Å². The zero-order chi connectivity index (χ0) is 6.69. The quantitative estimate of drug-likeness (QED) is 0.531. The molecule has 0 fully saturated rings. The Hall–Kier alpha value is -0.350. The number of hydrogen-bond donors (Lipinski definition) is 0. The van der Waals surface area contributed by atoms with E-state index in [0.717, 1.165) is 4.32 Å². The number of thioether (sulfide) groups is 1. The lowest BCUT2D eigenvalue weighted by Gasteiger charge is -1.95. The lowest BCUT2D eigenvalue weighted by atomic mass is 10.8. The van der Waals surface area contributed by atoms with Gasteiger partial charge in [-0.05, 0) is 12.3 Å². The first kappa shape index (κ1) is 6.77. The van der Waals surface area contributed by atoms with Crippen LogP contribution in [0.5, 0.6) is 0 Å². The molecule has 0 bridgehead atoms. The molecule has 0 aromatic carbocycles. The lowest BCUT2D eigenvalue weighted by molar-refractivity contribution is 0.964. The van der Waals surface area contributed by atoms with Crippen molar-refractivity contribution in [2.75, 3.05) is 6.26 Å². The molecular weight excluding hydrogens is 152 g/mol. The average molecular weight is 158 g/mol. The number of aromatic nitrogens is 2. The summed E-state index contributed by atoms with van der Waals surface area (Å²) in [6, 6.07) is 1.85. The first-order valence-electron chi connectivity index (χ1n) is 2.42. The Balaban J connectivity index is 2.77. The fourth-order valence-electron chi connectivity index (χ4n) is 0.470. The Labute approximate surface area is 63.3 Å². The van der Waals surface area contributed by atoms with Crippen LogP contribution in [0.2, 0.25) is 0 Å². The molecule has 0 radical (unpaired) electrons. The van der Waals surface area contributed by atoms with Gasteiger partial charge >= 0.3 is 0 Å².